The predicted octanol–water partition coefficient (Wildman–Crippen LogP) is 2.61. The Bertz CT molecular complexity index is 632. The van der Waals surface area contributed by atoms with E-state index >= 15 is 0 Å². The van der Waals surface area contributed by atoms with Gasteiger partial charge in [-0.25, -0.2) is 4.98 Å². The molecule has 0 bridgehead atoms. The van der Waals surface area contributed by atoms with Crippen molar-refractivity contribution in [3.05, 3.63) is 18.2 Å². The van der Waals surface area contributed by atoms with E-state index in [2.05, 4.69) is 9.88 Å². The molecular weight excluding hydrogens is 276 g/mol. The summed E-state index contributed by atoms with van der Waals surface area (Å²) in [5.74, 6) is -0.0586. The third kappa shape index (κ3) is 2.43. The Kier molecular flexibility index (Phi) is 3.48. The van der Waals surface area contributed by atoms with Gasteiger partial charge in [0.15, 0.2) is 5.13 Å². The smallest absolute Gasteiger partial charge is 0.306 e. The van der Waals surface area contributed by atoms with Crippen molar-refractivity contribution in [2.45, 2.75) is 12.8 Å². The minimum Gasteiger partial charge on any atom is -0.497 e. The number of carboxylic acids is 1. The summed E-state index contributed by atoms with van der Waals surface area (Å²) in [5, 5.41) is 9.99. The molecule has 2 aromatic rings. The average molecular weight is 292 g/mol. The molecule has 1 N–H and O–H groups in total. The standard InChI is InChI=1S/C14H16N2O3S/c1-19-10-2-3-11-12(8-10)20-14(15-11)16-6-4-9(5-7-16)13(17)18/h2-3,8-9H,4-7H2,1H3,(H,17,18). The molecule has 1 aliphatic heterocycles. The molecule has 1 fully saturated rings. The number of thiazole rings is 1. The van der Waals surface area contributed by atoms with Crippen LogP contribution in [0.25, 0.3) is 10.2 Å². The van der Waals surface area contributed by atoms with Crippen LogP contribution in [0.3, 0.4) is 0 Å². The second-order valence-electron chi connectivity index (χ2n) is 4.93. The van der Waals surface area contributed by atoms with Crippen molar-refractivity contribution in [2.75, 3.05) is 25.1 Å². The largest absolute Gasteiger partial charge is 0.497 e. The lowest BCUT2D eigenvalue weighted by Gasteiger charge is -2.29. The molecule has 0 spiro atoms. The summed E-state index contributed by atoms with van der Waals surface area (Å²) in [6.07, 6.45) is 1.38. The van der Waals surface area contributed by atoms with E-state index in [4.69, 9.17) is 9.84 Å². The Morgan fingerprint density at radius 2 is 2.20 bits per heavy atom. The SMILES string of the molecule is COc1ccc2nc(N3CCC(C(=O)O)CC3)sc2c1. The molecule has 0 atom stereocenters. The molecule has 6 heteroatoms. The van der Waals surface area contributed by atoms with E-state index in [0.29, 0.717) is 12.8 Å². The predicted molar refractivity (Wildman–Crippen MR) is 78.7 cm³/mol. The minimum atomic E-state index is -0.682. The number of fused-ring (bicyclic) bond motifs is 1. The van der Waals surface area contributed by atoms with Crippen LogP contribution in [0, 0.1) is 5.92 Å². The molecule has 2 heterocycles. The minimum absolute atomic E-state index is 0.208. The van der Waals surface area contributed by atoms with Gasteiger partial charge in [0.05, 0.1) is 23.2 Å². The lowest BCUT2D eigenvalue weighted by molar-refractivity contribution is -0.142. The number of aromatic nitrogens is 1. The number of anilines is 1. The Morgan fingerprint density at radius 1 is 1.45 bits per heavy atom. The molecule has 20 heavy (non-hydrogen) atoms. The highest BCUT2D eigenvalue weighted by atomic mass is 32.1. The normalized spacial score (nSPS) is 16.6. The first-order chi connectivity index (χ1) is 9.67. The molecule has 106 valence electrons. The summed E-state index contributed by atoms with van der Waals surface area (Å²) in [6.45, 7) is 1.52. The van der Waals surface area contributed by atoms with Crippen LogP contribution in [0.4, 0.5) is 5.13 Å². The van der Waals surface area contributed by atoms with E-state index in [-0.39, 0.29) is 5.92 Å². The summed E-state index contributed by atoms with van der Waals surface area (Å²) in [5.41, 5.74) is 0.964. The van der Waals surface area contributed by atoms with Crippen LogP contribution in [-0.2, 0) is 4.79 Å². The number of hydrogen-bond acceptors (Lipinski definition) is 5. The number of rotatable bonds is 3. The van der Waals surface area contributed by atoms with E-state index in [9.17, 15) is 4.79 Å². The van der Waals surface area contributed by atoms with Gasteiger partial charge in [0.2, 0.25) is 0 Å². The van der Waals surface area contributed by atoms with Gasteiger partial charge in [-0.05, 0) is 31.0 Å². The van der Waals surface area contributed by atoms with E-state index < -0.39 is 5.97 Å². The number of carboxylic acid groups (broad SMARTS) is 1. The van der Waals surface area contributed by atoms with E-state index in [0.717, 1.165) is 34.2 Å². The van der Waals surface area contributed by atoms with Gasteiger partial charge >= 0.3 is 5.97 Å². The summed E-state index contributed by atoms with van der Waals surface area (Å²) >= 11 is 1.63. The Labute approximate surface area is 120 Å². The summed E-state index contributed by atoms with van der Waals surface area (Å²) < 4.78 is 6.31. The van der Waals surface area contributed by atoms with Crippen molar-refractivity contribution >= 4 is 32.7 Å². The monoisotopic (exact) mass is 292 g/mol. The first-order valence-corrected chi connectivity index (χ1v) is 7.41. The van der Waals surface area contributed by atoms with Crippen LogP contribution in [0.15, 0.2) is 18.2 Å². The molecule has 0 unspecified atom stereocenters. The molecule has 1 saturated heterocycles. The van der Waals surface area contributed by atoms with Crippen molar-refractivity contribution in [1.82, 2.24) is 4.98 Å². The molecule has 5 nitrogen and oxygen atoms in total. The van der Waals surface area contributed by atoms with E-state index in [1.807, 2.05) is 18.2 Å². The van der Waals surface area contributed by atoms with Gasteiger partial charge in [-0.15, -0.1) is 0 Å². The van der Waals surface area contributed by atoms with Crippen LogP contribution in [0.5, 0.6) is 5.75 Å². The Hall–Kier alpha value is -1.82. The van der Waals surface area contributed by atoms with Crippen molar-refractivity contribution in [3.63, 3.8) is 0 Å². The second kappa shape index (κ2) is 5.28. The number of aliphatic carboxylic acids is 1. The molecule has 0 aliphatic carbocycles. The maximum absolute atomic E-state index is 11.0. The van der Waals surface area contributed by atoms with Gasteiger partial charge in [-0.1, -0.05) is 11.3 Å². The highest BCUT2D eigenvalue weighted by molar-refractivity contribution is 7.22. The van der Waals surface area contributed by atoms with Crippen LogP contribution >= 0.6 is 11.3 Å². The number of carbonyl (C=O) groups is 1. The van der Waals surface area contributed by atoms with Crippen LogP contribution in [0.1, 0.15) is 12.8 Å². The van der Waals surface area contributed by atoms with Gasteiger partial charge in [0.1, 0.15) is 5.75 Å². The molecule has 1 aromatic carbocycles. The van der Waals surface area contributed by atoms with Gasteiger partial charge in [-0.3, -0.25) is 4.79 Å². The number of piperidine rings is 1. The third-order valence-corrected chi connectivity index (χ3v) is 4.78. The van der Waals surface area contributed by atoms with Crippen molar-refractivity contribution in [2.24, 2.45) is 5.92 Å². The molecular formula is C14H16N2O3S. The quantitative estimate of drug-likeness (QED) is 0.942. The first-order valence-electron chi connectivity index (χ1n) is 6.59. The number of methoxy groups -OCH3 is 1. The third-order valence-electron chi connectivity index (χ3n) is 3.70. The second-order valence-corrected chi connectivity index (χ2v) is 5.94. The molecule has 1 aromatic heterocycles. The maximum atomic E-state index is 11.0. The topological polar surface area (TPSA) is 62.7 Å². The number of ether oxygens (including phenoxy) is 1. The zero-order valence-corrected chi connectivity index (χ0v) is 12.0. The van der Waals surface area contributed by atoms with Crippen LogP contribution < -0.4 is 9.64 Å². The number of hydrogen-bond donors (Lipinski definition) is 1. The fourth-order valence-corrected chi connectivity index (χ4v) is 3.52. The molecule has 0 radical (unpaired) electrons. The van der Waals surface area contributed by atoms with Gasteiger partial charge in [-0.2, -0.15) is 0 Å². The highest BCUT2D eigenvalue weighted by Crippen LogP contribution is 2.33. The molecule has 1 aliphatic rings. The van der Waals surface area contributed by atoms with Gasteiger partial charge < -0.3 is 14.7 Å². The lowest BCUT2D eigenvalue weighted by Crippen LogP contribution is -2.36. The Morgan fingerprint density at radius 3 is 2.85 bits per heavy atom. The molecule has 3 rings (SSSR count). The number of benzene rings is 1. The van der Waals surface area contributed by atoms with Gasteiger partial charge in [0.25, 0.3) is 0 Å². The first kappa shape index (κ1) is 13.2. The van der Waals surface area contributed by atoms with Crippen molar-refractivity contribution in [3.8, 4) is 5.75 Å². The molecule has 0 amide bonds. The van der Waals surface area contributed by atoms with Crippen molar-refractivity contribution in [1.29, 1.82) is 0 Å². The highest BCUT2D eigenvalue weighted by Gasteiger charge is 2.25. The zero-order valence-electron chi connectivity index (χ0n) is 11.2. The lowest BCUT2D eigenvalue weighted by atomic mass is 9.98. The van der Waals surface area contributed by atoms with Gasteiger partial charge in [0, 0.05) is 13.1 Å². The Balaban J connectivity index is 1.79. The van der Waals surface area contributed by atoms with E-state index in [1.165, 1.54) is 0 Å². The van der Waals surface area contributed by atoms with Crippen LogP contribution in [0.2, 0.25) is 0 Å². The summed E-state index contributed by atoms with van der Waals surface area (Å²) in [7, 11) is 1.65. The zero-order chi connectivity index (χ0) is 14.1. The fraction of sp³-hybridized carbons (Fsp3) is 0.429. The summed E-state index contributed by atoms with van der Waals surface area (Å²) in [4.78, 5) is 17.8. The fourth-order valence-electron chi connectivity index (χ4n) is 2.47. The number of nitrogens with zero attached hydrogens (tertiary/aromatic N) is 2. The van der Waals surface area contributed by atoms with Crippen molar-refractivity contribution < 1.29 is 14.6 Å². The van der Waals surface area contributed by atoms with Crippen LogP contribution in [-0.4, -0.2) is 36.3 Å². The van der Waals surface area contributed by atoms with E-state index in [1.54, 1.807) is 18.4 Å². The maximum Gasteiger partial charge on any atom is 0.306 e. The molecule has 0 saturated carbocycles. The average Bonchev–Trinajstić information content (AvgIpc) is 2.90. The summed E-state index contributed by atoms with van der Waals surface area (Å²) in [6, 6.07) is 5.85.